The Morgan fingerprint density at radius 1 is 0.762 bits per heavy atom. The molecule has 10 heteroatoms. The van der Waals surface area contributed by atoms with Crippen LogP contribution in [0, 0.1) is 0 Å². The molecule has 0 spiro atoms. The fourth-order valence-corrected chi connectivity index (χ4v) is 4.06. The first-order valence-electron chi connectivity index (χ1n) is 13.4. The van der Waals surface area contributed by atoms with Crippen molar-refractivity contribution in [1.82, 2.24) is 20.2 Å². The first-order valence-corrected chi connectivity index (χ1v) is 13.4. The number of anilines is 1. The van der Waals surface area contributed by atoms with Gasteiger partial charge in [0.1, 0.15) is 17.3 Å². The number of carbonyl (C=O) groups excluding carboxylic acids is 3. The molecule has 0 saturated heterocycles. The van der Waals surface area contributed by atoms with Gasteiger partial charge in [-0.2, -0.15) is 0 Å². The SMILES string of the molecule is COc1ccc(-c2cc(NC(=O)CCC(=O)N(C)CC(=O)NCc3ccccc3)nc(-c3ccc(OC)cc3)n2)cc1. The summed E-state index contributed by atoms with van der Waals surface area (Å²) < 4.78 is 10.5. The van der Waals surface area contributed by atoms with E-state index in [1.54, 1.807) is 32.4 Å². The van der Waals surface area contributed by atoms with Crippen LogP contribution >= 0.6 is 0 Å². The zero-order chi connectivity index (χ0) is 29.9. The summed E-state index contributed by atoms with van der Waals surface area (Å²) in [7, 11) is 4.72. The molecule has 0 aliphatic heterocycles. The van der Waals surface area contributed by atoms with Crippen LogP contribution in [0.4, 0.5) is 5.82 Å². The number of aromatic nitrogens is 2. The molecule has 42 heavy (non-hydrogen) atoms. The van der Waals surface area contributed by atoms with Gasteiger partial charge in [-0.3, -0.25) is 14.4 Å². The fourth-order valence-electron chi connectivity index (χ4n) is 4.06. The van der Waals surface area contributed by atoms with E-state index in [1.165, 1.54) is 11.9 Å². The average molecular weight is 568 g/mol. The molecule has 3 aromatic carbocycles. The van der Waals surface area contributed by atoms with Gasteiger partial charge in [0.05, 0.1) is 26.5 Å². The van der Waals surface area contributed by atoms with Gasteiger partial charge >= 0.3 is 0 Å². The molecule has 216 valence electrons. The zero-order valence-corrected chi connectivity index (χ0v) is 23.8. The van der Waals surface area contributed by atoms with Gasteiger partial charge in [-0.25, -0.2) is 9.97 Å². The minimum absolute atomic E-state index is 0.0595. The number of ether oxygens (including phenoxy) is 2. The molecule has 4 rings (SSSR count). The van der Waals surface area contributed by atoms with Gasteiger partial charge < -0.3 is 25.0 Å². The Balaban J connectivity index is 1.39. The number of carbonyl (C=O) groups is 3. The van der Waals surface area contributed by atoms with Crippen LogP contribution in [-0.4, -0.2) is 60.4 Å². The first-order chi connectivity index (χ1) is 20.3. The van der Waals surface area contributed by atoms with Crippen molar-refractivity contribution < 1.29 is 23.9 Å². The van der Waals surface area contributed by atoms with Crippen molar-refractivity contribution in [3.05, 3.63) is 90.5 Å². The average Bonchev–Trinajstić information content (AvgIpc) is 3.03. The highest BCUT2D eigenvalue weighted by Crippen LogP contribution is 2.27. The third-order valence-corrected chi connectivity index (χ3v) is 6.43. The standard InChI is InChI=1S/C32H33N5O5/c1-37(21-30(39)33-20-22-7-5-4-6-8-22)31(40)18-17-29(38)35-28-19-27(23-9-13-25(41-2)14-10-23)34-32(36-28)24-11-15-26(42-3)16-12-24/h4-16,19H,17-18,20-21H2,1-3H3,(H,33,39)(H,34,35,36,38). The van der Waals surface area contributed by atoms with Crippen LogP contribution < -0.4 is 20.1 Å². The number of amides is 3. The second-order valence-electron chi connectivity index (χ2n) is 9.48. The Bertz CT molecular complexity index is 1440. The number of hydrogen-bond donors (Lipinski definition) is 2. The molecule has 1 heterocycles. The largest absolute Gasteiger partial charge is 0.497 e. The fraction of sp³-hybridized carbons (Fsp3) is 0.219. The lowest BCUT2D eigenvalue weighted by Gasteiger charge is -2.17. The predicted molar refractivity (Wildman–Crippen MR) is 160 cm³/mol. The zero-order valence-electron chi connectivity index (χ0n) is 23.8. The summed E-state index contributed by atoms with van der Waals surface area (Å²) in [6.07, 6.45) is -0.134. The number of methoxy groups -OCH3 is 2. The molecule has 10 nitrogen and oxygen atoms in total. The van der Waals surface area contributed by atoms with Gasteiger partial charge in [-0.15, -0.1) is 0 Å². The van der Waals surface area contributed by atoms with Crippen molar-refractivity contribution in [1.29, 1.82) is 0 Å². The van der Waals surface area contributed by atoms with Crippen LogP contribution in [0.5, 0.6) is 11.5 Å². The summed E-state index contributed by atoms with van der Waals surface area (Å²) in [6.45, 7) is 0.274. The van der Waals surface area contributed by atoms with Crippen molar-refractivity contribution in [3.8, 4) is 34.1 Å². The molecule has 0 aliphatic carbocycles. The topological polar surface area (TPSA) is 123 Å². The van der Waals surface area contributed by atoms with Gasteiger partial charge in [0.15, 0.2) is 5.82 Å². The molecule has 0 fully saturated rings. The summed E-state index contributed by atoms with van der Waals surface area (Å²) in [5.41, 5.74) is 3.12. The van der Waals surface area contributed by atoms with Crippen LogP contribution in [-0.2, 0) is 20.9 Å². The highest BCUT2D eigenvalue weighted by Gasteiger charge is 2.16. The lowest BCUT2D eigenvalue weighted by Crippen LogP contribution is -2.38. The highest BCUT2D eigenvalue weighted by atomic mass is 16.5. The monoisotopic (exact) mass is 567 g/mol. The maximum atomic E-state index is 12.8. The Hall–Kier alpha value is -5.25. The van der Waals surface area contributed by atoms with E-state index >= 15 is 0 Å². The minimum atomic E-state index is -0.384. The summed E-state index contributed by atoms with van der Waals surface area (Å²) >= 11 is 0. The number of rotatable bonds is 12. The van der Waals surface area contributed by atoms with Crippen molar-refractivity contribution in [3.63, 3.8) is 0 Å². The van der Waals surface area contributed by atoms with E-state index < -0.39 is 0 Å². The van der Waals surface area contributed by atoms with Crippen LogP contribution in [0.25, 0.3) is 22.6 Å². The molecule has 3 amide bonds. The highest BCUT2D eigenvalue weighted by molar-refractivity contribution is 5.93. The molecule has 2 N–H and O–H groups in total. The van der Waals surface area contributed by atoms with Crippen LogP contribution in [0.2, 0.25) is 0 Å². The normalized spacial score (nSPS) is 10.5. The van der Waals surface area contributed by atoms with Crippen LogP contribution in [0.1, 0.15) is 18.4 Å². The first kappa shape index (κ1) is 29.7. The summed E-state index contributed by atoms with van der Waals surface area (Å²) in [6, 6.07) is 25.9. The molecule has 0 atom stereocenters. The predicted octanol–water partition coefficient (Wildman–Crippen LogP) is 4.32. The maximum Gasteiger partial charge on any atom is 0.239 e. The Morgan fingerprint density at radius 3 is 2.00 bits per heavy atom. The molecular formula is C32H33N5O5. The van der Waals surface area contributed by atoms with E-state index in [1.807, 2.05) is 66.7 Å². The Morgan fingerprint density at radius 2 is 1.38 bits per heavy atom. The van der Waals surface area contributed by atoms with Crippen molar-refractivity contribution in [2.24, 2.45) is 0 Å². The second kappa shape index (κ2) is 14.4. The second-order valence-corrected chi connectivity index (χ2v) is 9.48. The van der Waals surface area contributed by atoms with E-state index in [0.717, 1.165) is 16.7 Å². The minimum Gasteiger partial charge on any atom is -0.497 e. The quantitative estimate of drug-likeness (QED) is 0.261. The van der Waals surface area contributed by atoms with Gasteiger partial charge in [-0.05, 0) is 54.1 Å². The molecule has 4 aromatic rings. The van der Waals surface area contributed by atoms with E-state index in [-0.39, 0.29) is 37.1 Å². The lowest BCUT2D eigenvalue weighted by atomic mass is 10.1. The van der Waals surface area contributed by atoms with Crippen molar-refractivity contribution in [2.45, 2.75) is 19.4 Å². The number of nitrogens with zero attached hydrogens (tertiary/aromatic N) is 3. The molecule has 0 bridgehead atoms. The van der Waals surface area contributed by atoms with Crippen LogP contribution in [0.3, 0.4) is 0 Å². The van der Waals surface area contributed by atoms with Crippen molar-refractivity contribution in [2.75, 3.05) is 33.1 Å². The molecule has 0 radical (unpaired) electrons. The van der Waals surface area contributed by atoms with E-state index in [9.17, 15) is 14.4 Å². The Labute approximate surface area is 244 Å². The third-order valence-electron chi connectivity index (χ3n) is 6.43. The number of nitrogens with one attached hydrogen (secondary N) is 2. The van der Waals surface area contributed by atoms with Gasteiger partial charge in [0.25, 0.3) is 0 Å². The van der Waals surface area contributed by atoms with Crippen molar-refractivity contribution >= 4 is 23.5 Å². The summed E-state index contributed by atoms with van der Waals surface area (Å²) in [4.78, 5) is 48.3. The third kappa shape index (κ3) is 8.37. The molecule has 0 unspecified atom stereocenters. The lowest BCUT2D eigenvalue weighted by molar-refractivity contribution is -0.135. The molecule has 0 aliphatic rings. The molecular weight excluding hydrogens is 534 g/mol. The molecule has 1 aromatic heterocycles. The Kier molecular flexibility index (Phi) is 10.2. The van der Waals surface area contributed by atoms with Gasteiger partial charge in [0.2, 0.25) is 17.7 Å². The smallest absolute Gasteiger partial charge is 0.239 e. The molecule has 0 saturated carbocycles. The van der Waals surface area contributed by atoms with Crippen LogP contribution in [0.15, 0.2) is 84.9 Å². The van der Waals surface area contributed by atoms with Gasteiger partial charge in [0, 0.05) is 43.6 Å². The van der Waals surface area contributed by atoms with E-state index in [0.29, 0.717) is 35.4 Å². The maximum absolute atomic E-state index is 12.8. The summed E-state index contributed by atoms with van der Waals surface area (Å²) in [5.74, 6) is 1.14. The number of benzene rings is 3. The van der Waals surface area contributed by atoms with Gasteiger partial charge in [-0.1, -0.05) is 30.3 Å². The number of likely N-dealkylation sites (N-methyl/N-ethyl adjacent to an activating group) is 1. The van der Waals surface area contributed by atoms with E-state index in [4.69, 9.17) is 14.5 Å². The number of hydrogen-bond acceptors (Lipinski definition) is 7. The van der Waals surface area contributed by atoms with E-state index in [2.05, 4.69) is 15.6 Å². The summed E-state index contributed by atoms with van der Waals surface area (Å²) in [5, 5.41) is 5.58.